The SMILES string of the molecule is COc1cc(OC)c(CNC(=O)[C@H]2NC(=O)[C@@H]2Cc2ccnc(N(C(=O)OC(C)(C)C)C(=O)OC(C)(C)C)c2)c(OC)c1. The van der Waals surface area contributed by atoms with Gasteiger partial charge in [-0.25, -0.2) is 14.6 Å². The number of carbonyl (C=O) groups is 4. The summed E-state index contributed by atoms with van der Waals surface area (Å²) in [5.41, 5.74) is -0.610. The first-order valence-electron chi connectivity index (χ1n) is 13.6. The Hall–Kier alpha value is -4.55. The number of benzene rings is 1. The Labute approximate surface area is 251 Å². The molecule has 0 saturated carbocycles. The number of β-lactam (4-membered cyclic amide) rings is 1. The molecule has 2 atom stereocenters. The average molecular weight is 601 g/mol. The van der Waals surface area contributed by atoms with Crippen LogP contribution in [0.5, 0.6) is 17.2 Å². The van der Waals surface area contributed by atoms with Gasteiger partial charge in [0, 0.05) is 18.3 Å². The van der Waals surface area contributed by atoms with Gasteiger partial charge >= 0.3 is 12.2 Å². The van der Waals surface area contributed by atoms with E-state index in [9.17, 15) is 19.2 Å². The number of rotatable bonds is 9. The van der Waals surface area contributed by atoms with E-state index in [0.717, 1.165) is 0 Å². The van der Waals surface area contributed by atoms with Crippen molar-refractivity contribution in [2.45, 2.75) is 71.8 Å². The van der Waals surface area contributed by atoms with Crippen LogP contribution in [0.25, 0.3) is 0 Å². The molecule has 1 fully saturated rings. The van der Waals surface area contributed by atoms with E-state index in [4.69, 9.17) is 23.7 Å². The summed E-state index contributed by atoms with van der Waals surface area (Å²) >= 11 is 0. The molecule has 3 rings (SSSR count). The highest BCUT2D eigenvalue weighted by atomic mass is 16.6. The summed E-state index contributed by atoms with van der Waals surface area (Å²) in [5, 5.41) is 5.47. The van der Waals surface area contributed by atoms with Crippen LogP contribution in [-0.2, 0) is 32.0 Å². The number of pyridine rings is 1. The van der Waals surface area contributed by atoms with Gasteiger partial charge in [-0.3, -0.25) is 9.59 Å². The topological polar surface area (TPSA) is 155 Å². The van der Waals surface area contributed by atoms with Crippen molar-refractivity contribution in [1.29, 1.82) is 0 Å². The van der Waals surface area contributed by atoms with E-state index in [1.165, 1.54) is 33.6 Å². The van der Waals surface area contributed by atoms with Crippen LogP contribution < -0.4 is 29.7 Å². The summed E-state index contributed by atoms with van der Waals surface area (Å²) in [5.74, 6) is 0.0110. The molecular weight excluding hydrogens is 560 g/mol. The van der Waals surface area contributed by atoms with Gasteiger partial charge in [-0.05, 0) is 65.7 Å². The highest BCUT2D eigenvalue weighted by Gasteiger charge is 2.44. The van der Waals surface area contributed by atoms with Crippen molar-refractivity contribution in [1.82, 2.24) is 15.6 Å². The number of methoxy groups -OCH3 is 3. The summed E-state index contributed by atoms with van der Waals surface area (Å²) < 4.78 is 27.0. The van der Waals surface area contributed by atoms with Gasteiger partial charge in [-0.1, -0.05) is 0 Å². The second-order valence-corrected chi connectivity index (χ2v) is 11.8. The van der Waals surface area contributed by atoms with Gasteiger partial charge in [0.25, 0.3) is 0 Å². The number of nitrogens with one attached hydrogen (secondary N) is 2. The van der Waals surface area contributed by atoms with Crippen molar-refractivity contribution < 1.29 is 42.9 Å². The average Bonchev–Trinajstić information content (AvgIpc) is 2.91. The van der Waals surface area contributed by atoms with E-state index < -0.39 is 41.3 Å². The minimum Gasteiger partial charge on any atom is -0.496 e. The van der Waals surface area contributed by atoms with E-state index in [-0.39, 0.29) is 24.7 Å². The molecule has 0 unspecified atom stereocenters. The quantitative estimate of drug-likeness (QED) is 0.407. The number of imide groups is 1. The molecule has 0 radical (unpaired) electrons. The number of hydrogen-bond donors (Lipinski definition) is 2. The van der Waals surface area contributed by atoms with Crippen LogP contribution in [0.2, 0.25) is 0 Å². The van der Waals surface area contributed by atoms with Crippen molar-refractivity contribution in [3.63, 3.8) is 0 Å². The third-order valence-electron chi connectivity index (χ3n) is 6.22. The van der Waals surface area contributed by atoms with Crippen molar-refractivity contribution in [2.24, 2.45) is 5.92 Å². The van der Waals surface area contributed by atoms with Gasteiger partial charge in [0.05, 0.1) is 39.4 Å². The summed E-state index contributed by atoms with van der Waals surface area (Å²) in [6.45, 7) is 10.1. The van der Waals surface area contributed by atoms with Crippen LogP contribution in [0, 0.1) is 5.92 Å². The molecule has 2 heterocycles. The predicted octanol–water partition coefficient (Wildman–Crippen LogP) is 3.76. The molecule has 13 heteroatoms. The van der Waals surface area contributed by atoms with Gasteiger partial charge in [-0.2, -0.15) is 4.90 Å². The lowest BCUT2D eigenvalue weighted by molar-refractivity contribution is -0.143. The molecule has 1 aromatic heterocycles. The molecule has 1 aliphatic rings. The van der Waals surface area contributed by atoms with E-state index in [1.807, 2.05) is 0 Å². The number of nitrogens with zero attached hydrogens (tertiary/aromatic N) is 2. The maximum atomic E-state index is 13.1. The van der Waals surface area contributed by atoms with Crippen molar-refractivity contribution in [3.05, 3.63) is 41.6 Å². The second-order valence-electron chi connectivity index (χ2n) is 11.8. The number of carbonyl (C=O) groups excluding carboxylic acids is 4. The Kier molecular flexibility index (Phi) is 10.1. The van der Waals surface area contributed by atoms with Crippen LogP contribution in [0.4, 0.5) is 15.4 Å². The maximum Gasteiger partial charge on any atom is 0.425 e. The van der Waals surface area contributed by atoms with E-state index in [0.29, 0.717) is 33.3 Å². The molecule has 0 aliphatic carbocycles. The van der Waals surface area contributed by atoms with E-state index >= 15 is 0 Å². The fourth-order valence-electron chi connectivity index (χ4n) is 4.25. The van der Waals surface area contributed by atoms with Gasteiger partial charge in [0.2, 0.25) is 11.8 Å². The van der Waals surface area contributed by atoms with E-state index in [1.54, 1.807) is 59.7 Å². The predicted molar refractivity (Wildman–Crippen MR) is 156 cm³/mol. The highest BCUT2D eigenvalue weighted by molar-refractivity contribution is 6.08. The Bertz CT molecular complexity index is 1310. The molecule has 43 heavy (non-hydrogen) atoms. The Morgan fingerprint density at radius 3 is 1.93 bits per heavy atom. The Balaban J connectivity index is 1.78. The minimum absolute atomic E-state index is 0.0413. The molecular formula is C30H40N4O9. The zero-order valence-electron chi connectivity index (χ0n) is 26.0. The molecule has 4 amide bonds. The standard InChI is InChI=1S/C30H40N4O9/c1-29(2,3)42-27(37)34(28(38)43-30(4,5)6)23-13-17(10-11-31-23)12-19-24(33-25(19)35)26(36)32-16-20-21(40-8)14-18(39-7)15-22(20)41-9/h10-11,13-15,19,24H,12,16H2,1-9H3,(H,32,36)(H,33,35)/t19-,24+/m1/s1. The van der Waals surface area contributed by atoms with E-state index in [2.05, 4.69) is 15.6 Å². The van der Waals surface area contributed by atoms with Crippen LogP contribution in [0.15, 0.2) is 30.5 Å². The molecule has 0 bridgehead atoms. The summed E-state index contributed by atoms with van der Waals surface area (Å²) in [7, 11) is 4.52. The monoisotopic (exact) mass is 600 g/mol. The van der Waals surface area contributed by atoms with Crippen molar-refractivity contribution in [2.75, 3.05) is 26.2 Å². The Morgan fingerprint density at radius 2 is 1.47 bits per heavy atom. The van der Waals surface area contributed by atoms with Gasteiger partial charge in [0.15, 0.2) is 0 Å². The zero-order valence-corrected chi connectivity index (χ0v) is 26.0. The number of aromatic nitrogens is 1. The second kappa shape index (κ2) is 13.2. The molecule has 1 saturated heterocycles. The van der Waals surface area contributed by atoms with Crippen molar-refractivity contribution in [3.8, 4) is 17.2 Å². The lowest BCUT2D eigenvalue weighted by Gasteiger charge is -2.35. The number of hydrogen-bond acceptors (Lipinski definition) is 10. The molecule has 2 N–H and O–H groups in total. The lowest BCUT2D eigenvalue weighted by Crippen LogP contribution is -2.65. The maximum absolute atomic E-state index is 13.1. The van der Waals surface area contributed by atoms with Crippen molar-refractivity contribution >= 4 is 29.8 Å². The summed E-state index contributed by atoms with van der Waals surface area (Å²) in [6, 6.07) is 5.67. The van der Waals surface area contributed by atoms with Gasteiger partial charge in [-0.15, -0.1) is 0 Å². The van der Waals surface area contributed by atoms with Crippen LogP contribution >= 0.6 is 0 Å². The van der Waals surface area contributed by atoms with Gasteiger partial charge < -0.3 is 34.3 Å². The summed E-state index contributed by atoms with van der Waals surface area (Å²) in [4.78, 5) is 56.6. The number of anilines is 1. The fourth-order valence-corrected chi connectivity index (χ4v) is 4.25. The Morgan fingerprint density at radius 1 is 0.907 bits per heavy atom. The third-order valence-corrected chi connectivity index (χ3v) is 6.22. The number of amides is 4. The first-order chi connectivity index (χ1) is 20.1. The first kappa shape index (κ1) is 33.0. The normalized spacial score (nSPS) is 16.3. The van der Waals surface area contributed by atoms with Crippen LogP contribution in [0.1, 0.15) is 52.7 Å². The highest BCUT2D eigenvalue weighted by Crippen LogP contribution is 2.34. The summed E-state index contributed by atoms with van der Waals surface area (Å²) in [6.07, 6.45) is -0.380. The molecule has 13 nitrogen and oxygen atoms in total. The molecule has 1 aromatic carbocycles. The molecule has 234 valence electrons. The smallest absolute Gasteiger partial charge is 0.425 e. The zero-order chi connectivity index (χ0) is 32.1. The largest absolute Gasteiger partial charge is 0.496 e. The van der Waals surface area contributed by atoms with Crippen LogP contribution in [-0.4, -0.2) is 67.6 Å². The van der Waals surface area contributed by atoms with Crippen LogP contribution in [0.3, 0.4) is 0 Å². The molecule has 1 aliphatic heterocycles. The number of ether oxygens (including phenoxy) is 5. The third kappa shape index (κ3) is 8.49. The molecule has 0 spiro atoms. The lowest BCUT2D eigenvalue weighted by atomic mass is 9.84. The molecule has 2 aromatic rings. The minimum atomic E-state index is -0.963. The first-order valence-corrected chi connectivity index (χ1v) is 13.6. The van der Waals surface area contributed by atoms with Gasteiger partial charge in [0.1, 0.15) is 40.3 Å². The fraction of sp³-hybridized carbons (Fsp3) is 0.500.